The van der Waals surface area contributed by atoms with Crippen molar-refractivity contribution in [1.82, 2.24) is 4.90 Å². The number of para-hydroxylation sites is 1. The van der Waals surface area contributed by atoms with Gasteiger partial charge in [0.05, 0.1) is 26.0 Å². The smallest absolute Gasteiger partial charge is 0.262 e. The van der Waals surface area contributed by atoms with Crippen LogP contribution in [0, 0.1) is 0 Å². The number of carbonyl (C=O) groups is 2. The number of hydrogen-bond donors (Lipinski definition) is 1. The van der Waals surface area contributed by atoms with Gasteiger partial charge >= 0.3 is 0 Å². The maximum atomic E-state index is 12.6. The molecule has 0 bridgehead atoms. The van der Waals surface area contributed by atoms with Crippen molar-refractivity contribution < 1.29 is 23.8 Å². The standard InChI is InChI=1S/C20H22N2O5/c1-25-18-8-7-15(20(24)22-9-11-26-12-10-22)13-17(18)21-19(23)14-27-16-5-3-2-4-6-16/h2-8,13H,9-12,14H2,1H3,(H,21,23). The van der Waals surface area contributed by atoms with Crippen molar-refractivity contribution in [1.29, 1.82) is 0 Å². The first-order chi connectivity index (χ1) is 13.2. The summed E-state index contributed by atoms with van der Waals surface area (Å²) in [4.78, 5) is 26.6. The fraction of sp³-hybridized carbons (Fsp3) is 0.300. The number of amides is 2. The predicted molar refractivity (Wildman–Crippen MR) is 100 cm³/mol. The molecule has 0 radical (unpaired) electrons. The van der Waals surface area contributed by atoms with Crippen molar-refractivity contribution in [3.8, 4) is 11.5 Å². The summed E-state index contributed by atoms with van der Waals surface area (Å²) in [7, 11) is 1.51. The zero-order valence-corrected chi connectivity index (χ0v) is 15.1. The molecule has 7 nitrogen and oxygen atoms in total. The van der Waals surface area contributed by atoms with Crippen LogP contribution in [-0.4, -0.2) is 56.7 Å². The molecular weight excluding hydrogens is 348 g/mol. The number of anilines is 1. The number of nitrogens with one attached hydrogen (secondary N) is 1. The van der Waals surface area contributed by atoms with E-state index in [0.29, 0.717) is 49.1 Å². The molecule has 2 amide bonds. The minimum Gasteiger partial charge on any atom is -0.495 e. The Morgan fingerprint density at radius 3 is 2.56 bits per heavy atom. The average Bonchev–Trinajstić information content (AvgIpc) is 2.73. The minimum absolute atomic E-state index is 0.100. The van der Waals surface area contributed by atoms with Gasteiger partial charge in [0, 0.05) is 18.7 Å². The predicted octanol–water partition coefficient (Wildman–Crippen LogP) is 2.19. The zero-order chi connectivity index (χ0) is 19.1. The van der Waals surface area contributed by atoms with Crippen molar-refractivity contribution >= 4 is 17.5 Å². The maximum absolute atomic E-state index is 12.6. The van der Waals surface area contributed by atoms with E-state index in [1.807, 2.05) is 18.2 Å². The first-order valence-electron chi connectivity index (χ1n) is 8.70. The molecule has 0 spiro atoms. The lowest BCUT2D eigenvalue weighted by molar-refractivity contribution is -0.118. The Morgan fingerprint density at radius 1 is 1.11 bits per heavy atom. The number of methoxy groups -OCH3 is 1. The van der Waals surface area contributed by atoms with E-state index >= 15 is 0 Å². The van der Waals surface area contributed by atoms with Gasteiger partial charge in [0.25, 0.3) is 11.8 Å². The second kappa shape index (κ2) is 9.05. The second-order valence-corrected chi connectivity index (χ2v) is 5.97. The van der Waals surface area contributed by atoms with Crippen molar-refractivity contribution in [2.45, 2.75) is 0 Å². The number of rotatable bonds is 6. The Kier molecular flexibility index (Phi) is 6.27. The van der Waals surface area contributed by atoms with Gasteiger partial charge in [-0.25, -0.2) is 0 Å². The van der Waals surface area contributed by atoms with Crippen LogP contribution >= 0.6 is 0 Å². The first kappa shape index (κ1) is 18.7. The minimum atomic E-state index is -0.340. The van der Waals surface area contributed by atoms with E-state index in [9.17, 15) is 9.59 Å². The maximum Gasteiger partial charge on any atom is 0.262 e. The van der Waals surface area contributed by atoms with Gasteiger partial charge in [0.15, 0.2) is 6.61 Å². The van der Waals surface area contributed by atoms with E-state index in [0.717, 1.165) is 0 Å². The third kappa shape index (κ3) is 4.98. The van der Waals surface area contributed by atoms with Crippen molar-refractivity contribution in [3.05, 3.63) is 54.1 Å². The Labute approximate surface area is 157 Å². The number of carbonyl (C=O) groups excluding carboxylic acids is 2. The van der Waals surface area contributed by atoms with Gasteiger partial charge in [-0.2, -0.15) is 0 Å². The number of ether oxygens (including phenoxy) is 3. The van der Waals surface area contributed by atoms with Crippen LogP contribution in [0.5, 0.6) is 11.5 Å². The van der Waals surface area contributed by atoms with Crippen LogP contribution in [0.1, 0.15) is 10.4 Å². The number of hydrogen-bond acceptors (Lipinski definition) is 5. The summed E-state index contributed by atoms with van der Waals surface area (Å²) < 4.78 is 16.0. The van der Waals surface area contributed by atoms with Gasteiger partial charge in [0.1, 0.15) is 11.5 Å². The van der Waals surface area contributed by atoms with Gasteiger partial charge in [-0.15, -0.1) is 0 Å². The molecule has 1 aliphatic heterocycles. The summed E-state index contributed by atoms with van der Waals surface area (Å²) in [6.07, 6.45) is 0. The summed E-state index contributed by atoms with van der Waals surface area (Å²) >= 11 is 0. The third-order valence-corrected chi connectivity index (χ3v) is 4.13. The molecular formula is C20H22N2O5. The Morgan fingerprint density at radius 2 is 1.85 bits per heavy atom. The molecule has 7 heteroatoms. The normalized spacial score (nSPS) is 13.7. The van der Waals surface area contributed by atoms with Gasteiger partial charge in [0.2, 0.25) is 0 Å². The van der Waals surface area contributed by atoms with Crippen LogP contribution in [0.3, 0.4) is 0 Å². The molecule has 0 aliphatic carbocycles. The average molecular weight is 370 g/mol. The number of nitrogens with zero attached hydrogens (tertiary/aromatic N) is 1. The molecule has 1 N–H and O–H groups in total. The molecule has 27 heavy (non-hydrogen) atoms. The molecule has 1 heterocycles. The molecule has 142 valence electrons. The molecule has 0 saturated carbocycles. The molecule has 0 unspecified atom stereocenters. The lowest BCUT2D eigenvalue weighted by atomic mass is 10.1. The molecule has 2 aromatic rings. The lowest BCUT2D eigenvalue weighted by Gasteiger charge is -2.27. The van der Waals surface area contributed by atoms with E-state index in [1.54, 1.807) is 35.2 Å². The van der Waals surface area contributed by atoms with Crippen molar-refractivity contribution in [2.75, 3.05) is 45.3 Å². The Balaban J connectivity index is 1.67. The second-order valence-electron chi connectivity index (χ2n) is 5.97. The summed E-state index contributed by atoms with van der Waals surface area (Å²) in [5.41, 5.74) is 0.912. The van der Waals surface area contributed by atoms with E-state index in [-0.39, 0.29) is 18.4 Å². The van der Waals surface area contributed by atoms with Crippen LogP contribution in [0.4, 0.5) is 5.69 Å². The van der Waals surface area contributed by atoms with E-state index in [4.69, 9.17) is 14.2 Å². The lowest BCUT2D eigenvalue weighted by Crippen LogP contribution is -2.40. The first-order valence-corrected chi connectivity index (χ1v) is 8.70. The molecule has 1 fully saturated rings. The van der Waals surface area contributed by atoms with Crippen LogP contribution in [0.2, 0.25) is 0 Å². The summed E-state index contributed by atoms with van der Waals surface area (Å²) in [5, 5.41) is 2.75. The SMILES string of the molecule is COc1ccc(C(=O)N2CCOCC2)cc1NC(=O)COc1ccccc1. The highest BCUT2D eigenvalue weighted by Crippen LogP contribution is 2.26. The van der Waals surface area contributed by atoms with Crippen LogP contribution in [0.15, 0.2) is 48.5 Å². The van der Waals surface area contributed by atoms with Gasteiger partial charge in [-0.3, -0.25) is 9.59 Å². The van der Waals surface area contributed by atoms with Crippen LogP contribution in [0.25, 0.3) is 0 Å². The Bertz CT molecular complexity index is 788. The molecule has 0 aromatic heterocycles. The fourth-order valence-electron chi connectivity index (χ4n) is 2.74. The third-order valence-electron chi connectivity index (χ3n) is 4.13. The van der Waals surface area contributed by atoms with Crippen molar-refractivity contribution in [3.63, 3.8) is 0 Å². The highest BCUT2D eigenvalue weighted by atomic mass is 16.5. The molecule has 3 rings (SSSR count). The highest BCUT2D eigenvalue weighted by molar-refractivity contribution is 5.98. The monoisotopic (exact) mass is 370 g/mol. The van der Waals surface area contributed by atoms with Gasteiger partial charge in [-0.1, -0.05) is 18.2 Å². The molecule has 1 saturated heterocycles. The van der Waals surface area contributed by atoms with E-state index in [1.165, 1.54) is 7.11 Å². The largest absolute Gasteiger partial charge is 0.495 e. The van der Waals surface area contributed by atoms with E-state index < -0.39 is 0 Å². The topological polar surface area (TPSA) is 77.1 Å². The highest BCUT2D eigenvalue weighted by Gasteiger charge is 2.20. The summed E-state index contributed by atoms with van der Waals surface area (Å²) in [6, 6.07) is 14.1. The number of morpholine rings is 1. The van der Waals surface area contributed by atoms with E-state index in [2.05, 4.69) is 5.32 Å². The summed E-state index contributed by atoms with van der Waals surface area (Å²) in [6.45, 7) is 2.02. The fourth-order valence-corrected chi connectivity index (χ4v) is 2.74. The van der Waals surface area contributed by atoms with Crippen molar-refractivity contribution in [2.24, 2.45) is 0 Å². The van der Waals surface area contributed by atoms with Crippen LogP contribution < -0.4 is 14.8 Å². The summed E-state index contributed by atoms with van der Waals surface area (Å²) in [5.74, 6) is 0.641. The van der Waals surface area contributed by atoms with Gasteiger partial charge in [-0.05, 0) is 30.3 Å². The molecule has 0 atom stereocenters. The Hall–Kier alpha value is -3.06. The van der Waals surface area contributed by atoms with Crippen LogP contribution in [-0.2, 0) is 9.53 Å². The van der Waals surface area contributed by atoms with Gasteiger partial charge < -0.3 is 24.4 Å². The quantitative estimate of drug-likeness (QED) is 0.843. The molecule has 1 aliphatic rings. The zero-order valence-electron chi connectivity index (χ0n) is 15.1. The molecule has 2 aromatic carbocycles. The number of benzene rings is 2.